The second-order valence-corrected chi connectivity index (χ2v) is 9.76. The quantitative estimate of drug-likeness (QED) is 0.293. The zero-order valence-electron chi connectivity index (χ0n) is 19.1. The normalized spacial score (nSPS) is 17.5. The number of aromatic nitrogens is 2. The van der Waals surface area contributed by atoms with E-state index in [1.54, 1.807) is 18.3 Å². The molecule has 3 heterocycles. The summed E-state index contributed by atoms with van der Waals surface area (Å²) in [6.45, 7) is 4.02. The van der Waals surface area contributed by atoms with E-state index in [4.69, 9.17) is 12.2 Å². The average Bonchev–Trinajstić information content (AvgIpc) is 3.35. The first-order valence-corrected chi connectivity index (χ1v) is 12.3. The van der Waals surface area contributed by atoms with Gasteiger partial charge in [-0.05, 0) is 86.2 Å². The summed E-state index contributed by atoms with van der Waals surface area (Å²) >= 11 is 9.35. The monoisotopic (exact) mass is 546 g/mol. The third kappa shape index (κ3) is 4.13. The number of benzene rings is 2. The summed E-state index contributed by atoms with van der Waals surface area (Å²) in [5.74, 6) is -0.957. The van der Waals surface area contributed by atoms with Crippen LogP contribution in [0.5, 0.6) is 0 Å². The van der Waals surface area contributed by atoms with Crippen LogP contribution < -0.4 is 10.2 Å². The van der Waals surface area contributed by atoms with Crippen molar-refractivity contribution < 1.29 is 9.90 Å². The predicted molar refractivity (Wildman–Crippen MR) is 144 cm³/mol. The Labute approximate surface area is 217 Å². The summed E-state index contributed by atoms with van der Waals surface area (Å²) in [5.41, 5.74) is 5.69. The van der Waals surface area contributed by atoms with Crippen LogP contribution in [0.25, 0.3) is 5.69 Å². The van der Waals surface area contributed by atoms with Crippen molar-refractivity contribution in [3.05, 3.63) is 112 Å². The van der Waals surface area contributed by atoms with Crippen LogP contribution >= 0.6 is 28.1 Å². The summed E-state index contributed by atoms with van der Waals surface area (Å²) < 4.78 is 3.00. The molecule has 2 aromatic heterocycles. The highest BCUT2D eigenvalue weighted by Gasteiger charge is 2.42. The third-order valence-corrected chi connectivity index (χ3v) is 7.21. The molecule has 0 unspecified atom stereocenters. The zero-order valence-corrected chi connectivity index (χ0v) is 21.5. The Kier molecular flexibility index (Phi) is 6.17. The molecule has 35 heavy (non-hydrogen) atoms. The SMILES string of the molecule is Cc1cc([C@H]2[C@@H](c3ccccn3)NC(=S)N2c2ccc(Br)cc2)c(C)n1-c1ccccc1C(=O)O. The fourth-order valence-corrected chi connectivity index (χ4v) is 5.47. The molecule has 2 N–H and O–H groups in total. The number of aromatic carboxylic acids is 1. The fraction of sp³-hybridized carbons (Fsp3) is 0.148. The van der Waals surface area contributed by atoms with Gasteiger partial charge in [0.15, 0.2) is 5.11 Å². The van der Waals surface area contributed by atoms with Crippen LogP contribution in [-0.4, -0.2) is 25.7 Å². The molecule has 8 heteroatoms. The minimum Gasteiger partial charge on any atom is -0.478 e. The lowest BCUT2D eigenvalue weighted by molar-refractivity contribution is 0.0697. The first-order valence-electron chi connectivity index (χ1n) is 11.1. The van der Waals surface area contributed by atoms with E-state index in [-0.39, 0.29) is 17.6 Å². The van der Waals surface area contributed by atoms with E-state index in [0.29, 0.717) is 10.8 Å². The number of thiocarbonyl (C=S) groups is 1. The number of halogens is 1. The highest BCUT2D eigenvalue weighted by atomic mass is 79.9. The van der Waals surface area contributed by atoms with Crippen molar-refractivity contribution >= 4 is 44.9 Å². The van der Waals surface area contributed by atoms with Gasteiger partial charge in [-0.1, -0.05) is 34.1 Å². The number of rotatable bonds is 5. The fourth-order valence-electron chi connectivity index (χ4n) is 4.86. The Bertz CT molecular complexity index is 1420. The average molecular weight is 547 g/mol. The van der Waals surface area contributed by atoms with Crippen molar-refractivity contribution in [3.8, 4) is 5.69 Å². The maximum atomic E-state index is 12.0. The molecule has 176 valence electrons. The van der Waals surface area contributed by atoms with Crippen molar-refractivity contribution in [3.63, 3.8) is 0 Å². The number of aryl methyl sites for hydroxylation is 1. The summed E-state index contributed by atoms with van der Waals surface area (Å²) in [7, 11) is 0. The van der Waals surface area contributed by atoms with Crippen LogP contribution in [0, 0.1) is 13.8 Å². The molecular formula is C27H23BrN4O2S. The van der Waals surface area contributed by atoms with Gasteiger partial charge in [-0.2, -0.15) is 0 Å². The Morgan fingerprint density at radius 3 is 2.46 bits per heavy atom. The van der Waals surface area contributed by atoms with Gasteiger partial charge in [0.2, 0.25) is 0 Å². The van der Waals surface area contributed by atoms with E-state index >= 15 is 0 Å². The van der Waals surface area contributed by atoms with Gasteiger partial charge in [0, 0.05) is 27.7 Å². The number of para-hydroxylation sites is 1. The summed E-state index contributed by atoms with van der Waals surface area (Å²) in [6.07, 6.45) is 1.78. The molecule has 4 aromatic rings. The van der Waals surface area contributed by atoms with Gasteiger partial charge in [0.05, 0.1) is 29.0 Å². The number of carboxylic acids is 1. The smallest absolute Gasteiger partial charge is 0.337 e. The predicted octanol–water partition coefficient (Wildman–Crippen LogP) is 6.13. The summed E-state index contributed by atoms with van der Waals surface area (Å²) in [5, 5.41) is 13.9. The number of hydrogen-bond donors (Lipinski definition) is 2. The van der Waals surface area contributed by atoms with E-state index < -0.39 is 5.97 Å². The number of carbonyl (C=O) groups is 1. The minimum absolute atomic E-state index is 0.184. The van der Waals surface area contributed by atoms with Gasteiger partial charge in [0.25, 0.3) is 0 Å². The number of nitrogens with one attached hydrogen (secondary N) is 1. The van der Waals surface area contributed by atoms with Crippen LogP contribution in [0.1, 0.15) is 45.1 Å². The number of pyridine rings is 1. The molecule has 1 fully saturated rings. The first kappa shape index (κ1) is 23.3. The second-order valence-electron chi connectivity index (χ2n) is 8.46. The lowest BCUT2D eigenvalue weighted by Crippen LogP contribution is -2.29. The van der Waals surface area contributed by atoms with E-state index in [2.05, 4.69) is 37.2 Å². The molecule has 0 bridgehead atoms. The number of hydrogen-bond acceptors (Lipinski definition) is 3. The molecule has 2 atom stereocenters. The van der Waals surface area contributed by atoms with Crippen molar-refractivity contribution in [2.24, 2.45) is 0 Å². The highest BCUT2D eigenvalue weighted by Crippen LogP contribution is 2.44. The van der Waals surface area contributed by atoms with E-state index in [1.165, 1.54) is 0 Å². The third-order valence-electron chi connectivity index (χ3n) is 6.37. The van der Waals surface area contributed by atoms with E-state index in [0.717, 1.165) is 32.8 Å². The van der Waals surface area contributed by atoms with Crippen LogP contribution in [0.4, 0.5) is 5.69 Å². The second kappa shape index (κ2) is 9.28. The number of anilines is 1. The van der Waals surface area contributed by atoms with E-state index in [9.17, 15) is 9.90 Å². The Balaban J connectivity index is 1.70. The van der Waals surface area contributed by atoms with Gasteiger partial charge in [-0.15, -0.1) is 0 Å². The van der Waals surface area contributed by atoms with Crippen molar-refractivity contribution in [2.75, 3.05) is 4.90 Å². The Hall–Kier alpha value is -3.49. The molecule has 6 nitrogen and oxygen atoms in total. The molecule has 1 saturated heterocycles. The minimum atomic E-state index is -0.957. The van der Waals surface area contributed by atoms with Crippen LogP contribution in [0.15, 0.2) is 83.5 Å². The maximum absolute atomic E-state index is 12.0. The van der Waals surface area contributed by atoms with Crippen molar-refractivity contribution in [1.29, 1.82) is 0 Å². The molecular weight excluding hydrogens is 524 g/mol. The number of carboxylic acid groups (broad SMARTS) is 1. The molecule has 0 aliphatic carbocycles. The molecule has 1 aliphatic heterocycles. The lowest BCUT2D eigenvalue weighted by Gasteiger charge is -2.28. The van der Waals surface area contributed by atoms with Crippen molar-refractivity contribution in [2.45, 2.75) is 25.9 Å². The lowest BCUT2D eigenvalue weighted by atomic mass is 9.96. The highest BCUT2D eigenvalue weighted by molar-refractivity contribution is 9.10. The zero-order chi connectivity index (χ0) is 24.7. The van der Waals surface area contributed by atoms with Crippen LogP contribution in [-0.2, 0) is 0 Å². The van der Waals surface area contributed by atoms with Gasteiger partial charge < -0.3 is 19.9 Å². The van der Waals surface area contributed by atoms with Crippen LogP contribution in [0.3, 0.4) is 0 Å². The molecule has 0 amide bonds. The molecule has 2 aromatic carbocycles. The van der Waals surface area contributed by atoms with Gasteiger partial charge in [-0.25, -0.2) is 4.79 Å². The largest absolute Gasteiger partial charge is 0.478 e. The molecule has 0 spiro atoms. The number of nitrogens with zero attached hydrogens (tertiary/aromatic N) is 3. The van der Waals surface area contributed by atoms with Crippen molar-refractivity contribution in [1.82, 2.24) is 14.9 Å². The molecule has 0 radical (unpaired) electrons. The van der Waals surface area contributed by atoms with E-state index in [1.807, 2.05) is 73.0 Å². The standard InChI is InChI=1S/C27H23BrN4O2S/c1-16-15-21(17(2)31(16)23-9-4-3-7-20(23)26(33)34)25-24(22-8-5-6-14-29-22)30-27(35)32(25)19-12-10-18(28)11-13-19/h3-15,24-25H,1-2H3,(H,30,35)(H,33,34)/t24-,25+/m1/s1. The summed E-state index contributed by atoms with van der Waals surface area (Å²) in [4.78, 5) is 18.7. The Morgan fingerprint density at radius 1 is 1.06 bits per heavy atom. The summed E-state index contributed by atoms with van der Waals surface area (Å²) in [6, 6.07) is 22.7. The molecule has 1 aliphatic rings. The van der Waals surface area contributed by atoms with Gasteiger partial charge in [0.1, 0.15) is 0 Å². The van der Waals surface area contributed by atoms with Gasteiger partial charge in [-0.3, -0.25) is 4.98 Å². The first-order chi connectivity index (χ1) is 16.9. The van der Waals surface area contributed by atoms with Gasteiger partial charge >= 0.3 is 5.97 Å². The maximum Gasteiger partial charge on any atom is 0.337 e. The molecule has 5 rings (SSSR count). The Morgan fingerprint density at radius 2 is 1.77 bits per heavy atom. The topological polar surface area (TPSA) is 70.4 Å². The molecule has 0 saturated carbocycles. The van der Waals surface area contributed by atoms with Crippen LogP contribution in [0.2, 0.25) is 0 Å².